The number of nitrogens with zero attached hydrogens (tertiary/aromatic N) is 1. The molecule has 0 aliphatic carbocycles. The minimum Gasteiger partial charge on any atom is -0.354 e. The van der Waals surface area contributed by atoms with Gasteiger partial charge in [-0.1, -0.05) is 80.6 Å². The van der Waals surface area contributed by atoms with E-state index in [-0.39, 0.29) is 0 Å². The number of aromatic nitrogens is 1. The van der Waals surface area contributed by atoms with Crippen molar-refractivity contribution >= 4 is 11.4 Å². The van der Waals surface area contributed by atoms with Crippen molar-refractivity contribution in [2.45, 2.75) is 19.8 Å². The molecule has 1 heterocycles. The summed E-state index contributed by atoms with van der Waals surface area (Å²) in [4.78, 5) is 0. The summed E-state index contributed by atoms with van der Waals surface area (Å²) < 4.78 is 2.30. The Bertz CT molecular complexity index is 1010. The first-order chi connectivity index (χ1) is 13.2. The molecule has 0 aliphatic rings. The second-order valence-electron chi connectivity index (χ2n) is 7.02. The molecule has 27 heavy (non-hydrogen) atoms. The molecule has 0 aliphatic heterocycles. The zero-order valence-electron chi connectivity index (χ0n) is 15.8. The molecule has 3 aromatic carbocycles. The van der Waals surface area contributed by atoms with E-state index >= 15 is 0 Å². The van der Waals surface area contributed by atoms with Crippen molar-refractivity contribution in [3.63, 3.8) is 0 Å². The molecule has 1 N–H and O–H groups in total. The van der Waals surface area contributed by atoms with E-state index in [9.17, 15) is 0 Å². The number of anilines is 2. The molecule has 0 radical (unpaired) electrons. The Kier molecular flexibility index (Phi) is 4.80. The lowest BCUT2D eigenvalue weighted by molar-refractivity contribution is 0.848. The standard InChI is InChI=1S/C25H24N2/c1-19(2)22-15-9-10-16-24(22)27-18-17-23(26-21-13-7-4-8-14-21)25(27)20-11-5-3-6-12-20/h3-19,26H,1-2H3. The van der Waals surface area contributed by atoms with Crippen LogP contribution in [0.5, 0.6) is 0 Å². The van der Waals surface area contributed by atoms with E-state index in [1.807, 2.05) is 6.07 Å². The van der Waals surface area contributed by atoms with Crippen LogP contribution in [-0.4, -0.2) is 4.57 Å². The van der Waals surface area contributed by atoms with Gasteiger partial charge in [0.25, 0.3) is 0 Å². The van der Waals surface area contributed by atoms with Gasteiger partial charge in [-0.25, -0.2) is 0 Å². The number of para-hydroxylation sites is 2. The van der Waals surface area contributed by atoms with Crippen LogP contribution < -0.4 is 5.32 Å². The summed E-state index contributed by atoms with van der Waals surface area (Å²) in [5.41, 5.74) is 7.13. The zero-order chi connectivity index (χ0) is 18.6. The van der Waals surface area contributed by atoms with Crippen LogP contribution in [0.2, 0.25) is 0 Å². The average Bonchev–Trinajstić information content (AvgIpc) is 3.12. The fraction of sp³-hybridized carbons (Fsp3) is 0.120. The van der Waals surface area contributed by atoms with Crippen molar-refractivity contribution < 1.29 is 0 Å². The zero-order valence-corrected chi connectivity index (χ0v) is 15.8. The summed E-state index contributed by atoms with van der Waals surface area (Å²) in [6.45, 7) is 4.49. The van der Waals surface area contributed by atoms with Gasteiger partial charge in [0, 0.05) is 23.1 Å². The highest BCUT2D eigenvalue weighted by atomic mass is 15.0. The van der Waals surface area contributed by atoms with Gasteiger partial charge in [0.05, 0.1) is 11.4 Å². The second-order valence-corrected chi connectivity index (χ2v) is 7.02. The lowest BCUT2D eigenvalue weighted by Gasteiger charge is -2.18. The summed E-state index contributed by atoms with van der Waals surface area (Å²) >= 11 is 0. The first-order valence-corrected chi connectivity index (χ1v) is 9.42. The van der Waals surface area contributed by atoms with E-state index in [1.54, 1.807) is 0 Å². The molecule has 0 bridgehead atoms. The highest BCUT2D eigenvalue weighted by Gasteiger charge is 2.16. The first kappa shape index (κ1) is 17.2. The van der Waals surface area contributed by atoms with Crippen LogP contribution in [0, 0.1) is 0 Å². The Morgan fingerprint density at radius 1 is 0.704 bits per heavy atom. The lowest BCUT2D eigenvalue weighted by Crippen LogP contribution is -2.02. The summed E-state index contributed by atoms with van der Waals surface area (Å²) in [6.07, 6.45) is 2.16. The number of hydrogen-bond donors (Lipinski definition) is 1. The van der Waals surface area contributed by atoms with Crippen LogP contribution in [0.25, 0.3) is 16.9 Å². The Labute approximate surface area is 161 Å². The third-order valence-corrected chi connectivity index (χ3v) is 4.80. The Morgan fingerprint density at radius 3 is 2.04 bits per heavy atom. The van der Waals surface area contributed by atoms with Gasteiger partial charge in [-0.2, -0.15) is 0 Å². The molecule has 4 aromatic rings. The molecular formula is C25H24N2. The van der Waals surface area contributed by atoms with E-state index in [4.69, 9.17) is 0 Å². The molecular weight excluding hydrogens is 328 g/mol. The topological polar surface area (TPSA) is 17.0 Å². The predicted molar refractivity (Wildman–Crippen MR) is 115 cm³/mol. The Hall–Kier alpha value is -3.26. The number of benzene rings is 3. The van der Waals surface area contributed by atoms with Crippen LogP contribution in [-0.2, 0) is 0 Å². The van der Waals surface area contributed by atoms with Gasteiger partial charge in [0.1, 0.15) is 0 Å². The van der Waals surface area contributed by atoms with Crippen LogP contribution in [0.4, 0.5) is 11.4 Å². The van der Waals surface area contributed by atoms with Crippen molar-refractivity contribution in [3.05, 3.63) is 103 Å². The fourth-order valence-corrected chi connectivity index (χ4v) is 3.50. The third-order valence-electron chi connectivity index (χ3n) is 4.80. The number of rotatable bonds is 5. The average molecular weight is 352 g/mol. The summed E-state index contributed by atoms with van der Waals surface area (Å²) in [7, 11) is 0. The van der Waals surface area contributed by atoms with E-state index in [0.29, 0.717) is 5.92 Å². The number of hydrogen-bond acceptors (Lipinski definition) is 1. The third kappa shape index (κ3) is 3.52. The maximum atomic E-state index is 3.59. The van der Waals surface area contributed by atoms with Crippen LogP contribution in [0.3, 0.4) is 0 Å². The van der Waals surface area contributed by atoms with Crippen molar-refractivity contribution in [3.8, 4) is 16.9 Å². The van der Waals surface area contributed by atoms with Crippen molar-refractivity contribution in [1.82, 2.24) is 4.57 Å². The van der Waals surface area contributed by atoms with Gasteiger partial charge in [-0.05, 0) is 35.7 Å². The largest absolute Gasteiger partial charge is 0.354 e. The van der Waals surface area contributed by atoms with E-state index in [0.717, 1.165) is 11.4 Å². The fourth-order valence-electron chi connectivity index (χ4n) is 3.50. The van der Waals surface area contributed by atoms with Crippen molar-refractivity contribution in [2.75, 3.05) is 5.32 Å². The molecule has 0 saturated heterocycles. The molecule has 0 fully saturated rings. The number of nitrogens with one attached hydrogen (secondary N) is 1. The van der Waals surface area contributed by atoms with Gasteiger partial charge >= 0.3 is 0 Å². The van der Waals surface area contributed by atoms with Gasteiger partial charge in [0.15, 0.2) is 0 Å². The van der Waals surface area contributed by atoms with Crippen LogP contribution >= 0.6 is 0 Å². The second kappa shape index (κ2) is 7.55. The predicted octanol–water partition coefficient (Wildman–Crippen LogP) is 7.01. The minimum atomic E-state index is 0.456. The molecule has 0 atom stereocenters. The summed E-state index contributed by atoms with van der Waals surface area (Å²) in [5, 5.41) is 3.59. The SMILES string of the molecule is CC(C)c1ccccc1-n1ccc(Nc2ccccc2)c1-c1ccccc1. The van der Waals surface area contributed by atoms with Gasteiger partial charge in [-0.3, -0.25) is 0 Å². The van der Waals surface area contributed by atoms with Gasteiger partial charge in [0.2, 0.25) is 0 Å². The maximum absolute atomic E-state index is 3.59. The summed E-state index contributed by atoms with van der Waals surface area (Å²) in [5.74, 6) is 0.456. The molecule has 134 valence electrons. The normalized spacial score (nSPS) is 10.9. The summed E-state index contributed by atoms with van der Waals surface area (Å²) in [6, 6.07) is 31.7. The van der Waals surface area contributed by atoms with Gasteiger partial charge in [-0.15, -0.1) is 0 Å². The van der Waals surface area contributed by atoms with Crippen molar-refractivity contribution in [2.24, 2.45) is 0 Å². The highest BCUT2D eigenvalue weighted by molar-refractivity contribution is 5.81. The maximum Gasteiger partial charge on any atom is 0.0765 e. The smallest absolute Gasteiger partial charge is 0.0765 e. The van der Waals surface area contributed by atoms with Crippen molar-refractivity contribution in [1.29, 1.82) is 0 Å². The quantitative estimate of drug-likeness (QED) is 0.409. The molecule has 4 rings (SSSR count). The van der Waals surface area contributed by atoms with E-state index in [1.165, 1.54) is 22.5 Å². The van der Waals surface area contributed by atoms with Gasteiger partial charge < -0.3 is 9.88 Å². The lowest BCUT2D eigenvalue weighted by atomic mass is 10.0. The molecule has 2 nitrogen and oxygen atoms in total. The molecule has 0 amide bonds. The van der Waals surface area contributed by atoms with Crippen LogP contribution in [0.15, 0.2) is 97.2 Å². The van der Waals surface area contributed by atoms with E-state index < -0.39 is 0 Å². The molecule has 2 heteroatoms. The molecule has 0 unspecified atom stereocenters. The molecule has 0 spiro atoms. The highest BCUT2D eigenvalue weighted by Crippen LogP contribution is 2.35. The Morgan fingerprint density at radius 2 is 1.33 bits per heavy atom. The van der Waals surface area contributed by atoms with Crippen LogP contribution in [0.1, 0.15) is 25.3 Å². The van der Waals surface area contributed by atoms with E-state index in [2.05, 4.69) is 115 Å². The minimum absolute atomic E-state index is 0.456. The Balaban J connectivity index is 1.89. The molecule has 1 aromatic heterocycles. The monoisotopic (exact) mass is 352 g/mol. The first-order valence-electron chi connectivity index (χ1n) is 9.42. The molecule has 0 saturated carbocycles.